The first-order valence-corrected chi connectivity index (χ1v) is 8.55. The lowest BCUT2D eigenvalue weighted by Gasteiger charge is -2.08. The molecule has 0 saturated heterocycles. The van der Waals surface area contributed by atoms with Crippen LogP contribution in [0, 0.1) is 0 Å². The van der Waals surface area contributed by atoms with E-state index in [1.807, 2.05) is 12.1 Å². The monoisotopic (exact) mass is 379 g/mol. The number of fused-ring (bicyclic) bond motifs is 1. The van der Waals surface area contributed by atoms with Crippen LogP contribution in [0.2, 0.25) is 5.02 Å². The highest BCUT2D eigenvalue weighted by atomic mass is 35.5. The number of anilines is 1. The number of aromatic nitrogens is 2. The fraction of sp³-hybridized carbons (Fsp3) is 0.0500. The first-order chi connectivity index (χ1) is 13.2. The molecule has 0 aliphatic heterocycles. The van der Waals surface area contributed by atoms with Crippen LogP contribution in [0.3, 0.4) is 0 Å². The fourth-order valence-electron chi connectivity index (χ4n) is 2.52. The van der Waals surface area contributed by atoms with E-state index in [9.17, 15) is 4.79 Å². The Morgan fingerprint density at radius 2 is 1.93 bits per heavy atom. The number of rotatable bonds is 5. The zero-order valence-corrected chi connectivity index (χ0v) is 14.8. The minimum Gasteiger partial charge on any atom is -0.482 e. The van der Waals surface area contributed by atoms with Crippen molar-refractivity contribution in [1.29, 1.82) is 0 Å². The Morgan fingerprint density at radius 1 is 1.11 bits per heavy atom. The molecular formula is C20H14ClN3O3. The van der Waals surface area contributed by atoms with Gasteiger partial charge in [0.15, 0.2) is 12.2 Å². The van der Waals surface area contributed by atoms with Crippen LogP contribution in [0.15, 0.2) is 71.4 Å². The quantitative estimate of drug-likeness (QED) is 0.550. The number of amides is 1. The molecule has 2 aromatic heterocycles. The van der Waals surface area contributed by atoms with E-state index in [1.165, 1.54) is 0 Å². The van der Waals surface area contributed by atoms with Gasteiger partial charge in [0, 0.05) is 29.7 Å². The maximum Gasteiger partial charge on any atom is 0.262 e. The van der Waals surface area contributed by atoms with Gasteiger partial charge in [-0.2, -0.15) is 0 Å². The molecule has 4 aromatic rings. The molecule has 6 nitrogen and oxygen atoms in total. The van der Waals surface area contributed by atoms with Gasteiger partial charge >= 0.3 is 0 Å². The number of benzene rings is 2. The molecule has 7 heteroatoms. The van der Waals surface area contributed by atoms with E-state index in [4.69, 9.17) is 20.8 Å². The smallest absolute Gasteiger partial charge is 0.262 e. The van der Waals surface area contributed by atoms with E-state index in [2.05, 4.69) is 15.3 Å². The summed E-state index contributed by atoms with van der Waals surface area (Å²) in [6.07, 6.45) is 3.35. The van der Waals surface area contributed by atoms with Gasteiger partial charge in [-0.25, -0.2) is 4.98 Å². The van der Waals surface area contributed by atoms with Gasteiger partial charge in [-0.3, -0.25) is 9.78 Å². The highest BCUT2D eigenvalue weighted by Gasteiger charge is 2.10. The fourth-order valence-corrected chi connectivity index (χ4v) is 2.71. The predicted octanol–water partition coefficient (Wildman–Crippen LogP) is 4.56. The largest absolute Gasteiger partial charge is 0.482 e. The molecule has 0 spiro atoms. The lowest BCUT2D eigenvalue weighted by molar-refractivity contribution is -0.118. The lowest BCUT2D eigenvalue weighted by atomic mass is 10.3. The Labute approximate surface area is 159 Å². The highest BCUT2D eigenvalue weighted by molar-refractivity contribution is 6.32. The number of nitrogens with one attached hydrogen (secondary N) is 1. The Bertz CT molecular complexity index is 1100. The second-order valence-corrected chi connectivity index (χ2v) is 6.11. The van der Waals surface area contributed by atoms with E-state index in [1.54, 1.807) is 54.9 Å². The number of hydrogen-bond acceptors (Lipinski definition) is 5. The van der Waals surface area contributed by atoms with E-state index >= 15 is 0 Å². The molecular weight excluding hydrogens is 366 g/mol. The van der Waals surface area contributed by atoms with Crippen LogP contribution in [-0.4, -0.2) is 22.5 Å². The molecule has 0 fully saturated rings. The Kier molecular flexibility index (Phi) is 4.72. The summed E-state index contributed by atoms with van der Waals surface area (Å²) in [6, 6.07) is 15.9. The van der Waals surface area contributed by atoms with Crippen molar-refractivity contribution in [3.63, 3.8) is 0 Å². The van der Waals surface area contributed by atoms with E-state index in [0.717, 1.165) is 5.56 Å². The third kappa shape index (κ3) is 3.91. The van der Waals surface area contributed by atoms with Gasteiger partial charge in [0.25, 0.3) is 5.91 Å². The summed E-state index contributed by atoms with van der Waals surface area (Å²) in [5.41, 5.74) is 2.70. The van der Waals surface area contributed by atoms with Crippen molar-refractivity contribution in [3.05, 3.63) is 72.0 Å². The summed E-state index contributed by atoms with van der Waals surface area (Å²) in [5, 5.41) is 3.22. The molecule has 0 unspecified atom stereocenters. The number of pyridine rings is 1. The topological polar surface area (TPSA) is 77.2 Å². The summed E-state index contributed by atoms with van der Waals surface area (Å²) in [6.45, 7) is -0.152. The molecule has 0 radical (unpaired) electrons. The van der Waals surface area contributed by atoms with Crippen LogP contribution in [-0.2, 0) is 4.79 Å². The molecule has 0 bridgehead atoms. The molecule has 0 saturated carbocycles. The zero-order valence-electron chi connectivity index (χ0n) is 14.1. The number of carbonyl (C=O) groups is 1. The van der Waals surface area contributed by atoms with E-state index < -0.39 is 0 Å². The molecule has 134 valence electrons. The number of oxazole rings is 1. The van der Waals surface area contributed by atoms with Crippen molar-refractivity contribution < 1.29 is 13.9 Å². The van der Waals surface area contributed by atoms with Crippen molar-refractivity contribution in [2.75, 3.05) is 11.9 Å². The minimum atomic E-state index is -0.303. The van der Waals surface area contributed by atoms with Crippen LogP contribution in [0.1, 0.15) is 0 Å². The Hall–Kier alpha value is -3.38. The Balaban J connectivity index is 1.46. The molecule has 0 aliphatic rings. The molecule has 0 atom stereocenters. The molecule has 2 aromatic carbocycles. The second-order valence-electron chi connectivity index (χ2n) is 5.70. The number of nitrogens with zero attached hydrogens (tertiary/aromatic N) is 2. The number of hydrogen-bond donors (Lipinski definition) is 1. The van der Waals surface area contributed by atoms with Gasteiger partial charge in [0.1, 0.15) is 11.3 Å². The average molecular weight is 380 g/mol. The molecule has 1 amide bonds. The molecule has 4 rings (SSSR count). The van der Waals surface area contributed by atoms with E-state index in [-0.39, 0.29) is 12.5 Å². The number of carbonyl (C=O) groups excluding carboxylic acids is 1. The van der Waals surface area contributed by atoms with Crippen LogP contribution < -0.4 is 10.1 Å². The first-order valence-electron chi connectivity index (χ1n) is 8.17. The predicted molar refractivity (Wildman–Crippen MR) is 103 cm³/mol. The second kappa shape index (κ2) is 7.47. The first kappa shape index (κ1) is 17.1. The number of para-hydroxylation sites is 1. The van der Waals surface area contributed by atoms with Crippen molar-refractivity contribution in [2.24, 2.45) is 0 Å². The summed E-state index contributed by atoms with van der Waals surface area (Å²) in [7, 11) is 0. The van der Waals surface area contributed by atoms with Crippen LogP contribution in [0.25, 0.3) is 22.6 Å². The maximum absolute atomic E-state index is 12.1. The summed E-state index contributed by atoms with van der Waals surface area (Å²) < 4.78 is 11.2. The molecule has 27 heavy (non-hydrogen) atoms. The minimum absolute atomic E-state index is 0.152. The zero-order chi connectivity index (χ0) is 18.6. The molecule has 0 aliphatic carbocycles. The Morgan fingerprint density at radius 3 is 2.74 bits per heavy atom. The van der Waals surface area contributed by atoms with Crippen molar-refractivity contribution in [2.45, 2.75) is 0 Å². The highest BCUT2D eigenvalue weighted by Crippen LogP contribution is 2.26. The van der Waals surface area contributed by atoms with Gasteiger partial charge < -0.3 is 14.5 Å². The third-order valence-electron chi connectivity index (χ3n) is 3.79. The van der Waals surface area contributed by atoms with Gasteiger partial charge in [-0.05, 0) is 36.4 Å². The normalized spacial score (nSPS) is 10.7. The van der Waals surface area contributed by atoms with Crippen molar-refractivity contribution in [3.8, 4) is 17.2 Å². The lowest BCUT2D eigenvalue weighted by Crippen LogP contribution is -2.20. The number of ether oxygens (including phenoxy) is 1. The van der Waals surface area contributed by atoms with Crippen molar-refractivity contribution in [1.82, 2.24) is 9.97 Å². The summed E-state index contributed by atoms with van der Waals surface area (Å²) in [5.74, 6) is 0.656. The van der Waals surface area contributed by atoms with Gasteiger partial charge in [0.05, 0.1) is 5.02 Å². The van der Waals surface area contributed by atoms with Gasteiger partial charge in [-0.1, -0.05) is 23.7 Å². The standard InChI is InChI=1S/C20H14ClN3O3/c21-15-3-1-2-4-17(15)26-12-19(25)23-14-5-6-16-18(11-14)27-20(24-16)13-7-9-22-10-8-13/h1-11H,12H2,(H,23,25). The van der Waals surface area contributed by atoms with Crippen LogP contribution >= 0.6 is 11.6 Å². The van der Waals surface area contributed by atoms with Crippen LogP contribution in [0.5, 0.6) is 5.75 Å². The number of halogens is 1. The third-order valence-corrected chi connectivity index (χ3v) is 4.11. The SMILES string of the molecule is O=C(COc1ccccc1Cl)Nc1ccc2nc(-c3ccncc3)oc2c1. The van der Waals surface area contributed by atoms with Crippen LogP contribution in [0.4, 0.5) is 5.69 Å². The molecule has 1 N–H and O–H groups in total. The summed E-state index contributed by atoms with van der Waals surface area (Å²) >= 11 is 6.01. The average Bonchev–Trinajstić information content (AvgIpc) is 3.11. The van der Waals surface area contributed by atoms with Gasteiger partial charge in [0.2, 0.25) is 5.89 Å². The van der Waals surface area contributed by atoms with E-state index in [0.29, 0.717) is 33.4 Å². The van der Waals surface area contributed by atoms with Crippen molar-refractivity contribution >= 4 is 34.3 Å². The van der Waals surface area contributed by atoms with Gasteiger partial charge in [-0.15, -0.1) is 0 Å². The maximum atomic E-state index is 12.1. The summed E-state index contributed by atoms with van der Waals surface area (Å²) in [4.78, 5) is 20.5. The molecule has 2 heterocycles.